The maximum absolute atomic E-state index is 12.7. The Bertz CT molecular complexity index is 607. The first-order valence-corrected chi connectivity index (χ1v) is 8.94. The Hall–Kier alpha value is -1.44. The van der Waals surface area contributed by atoms with E-state index in [1.165, 1.54) is 0 Å². The lowest BCUT2D eigenvalue weighted by atomic mass is 9.88. The van der Waals surface area contributed by atoms with Crippen molar-refractivity contribution in [1.29, 1.82) is 0 Å². The summed E-state index contributed by atoms with van der Waals surface area (Å²) in [6.07, 6.45) is 2.79. The number of carbonyl (C=O) groups excluding carboxylic acids is 3. The molecule has 1 heterocycles. The number of nitrogens with one attached hydrogen (secondary N) is 1. The Balaban J connectivity index is 2.16. The molecule has 124 valence electrons. The normalized spacial score (nSPS) is 16.6. The molecule has 0 aromatic heterocycles. The Morgan fingerprint density at radius 1 is 1.13 bits per heavy atom. The van der Waals surface area contributed by atoms with Gasteiger partial charge in [-0.05, 0) is 47.6 Å². The Kier molecular flexibility index (Phi) is 5.78. The van der Waals surface area contributed by atoms with Gasteiger partial charge in [0.1, 0.15) is 5.54 Å². The molecule has 0 spiro atoms. The van der Waals surface area contributed by atoms with Crippen LogP contribution < -0.4 is 5.32 Å². The molecule has 1 aliphatic heterocycles. The molecule has 1 fully saturated rings. The van der Waals surface area contributed by atoms with Crippen LogP contribution in [0, 0.1) is 3.57 Å². The molecule has 0 unspecified atom stereocenters. The van der Waals surface area contributed by atoms with Gasteiger partial charge in [-0.2, -0.15) is 0 Å². The van der Waals surface area contributed by atoms with E-state index < -0.39 is 11.6 Å². The number of nitrogens with zero attached hydrogens (tertiary/aromatic N) is 1. The highest BCUT2D eigenvalue weighted by Crippen LogP contribution is 2.28. The van der Waals surface area contributed by atoms with Crippen LogP contribution in [0.25, 0.3) is 0 Å². The van der Waals surface area contributed by atoms with Crippen molar-refractivity contribution in [2.75, 3.05) is 6.54 Å². The molecule has 0 aliphatic carbocycles. The van der Waals surface area contributed by atoms with E-state index in [0.29, 0.717) is 18.4 Å². The van der Waals surface area contributed by atoms with Crippen molar-refractivity contribution in [3.8, 4) is 0 Å². The first kappa shape index (κ1) is 17.9. The third-order valence-corrected chi connectivity index (χ3v) is 4.79. The average molecular weight is 428 g/mol. The fraction of sp³-hybridized carbons (Fsp3) is 0.471. The van der Waals surface area contributed by atoms with Crippen molar-refractivity contribution in [2.45, 2.75) is 45.1 Å². The quantitative estimate of drug-likeness (QED) is 0.412. The van der Waals surface area contributed by atoms with Crippen LogP contribution in [-0.4, -0.2) is 34.7 Å². The van der Waals surface area contributed by atoms with Crippen molar-refractivity contribution in [1.82, 2.24) is 10.2 Å². The van der Waals surface area contributed by atoms with Gasteiger partial charge in [0.15, 0.2) is 5.78 Å². The minimum absolute atomic E-state index is 0.208. The number of halogens is 1. The van der Waals surface area contributed by atoms with Crippen molar-refractivity contribution in [3.05, 3.63) is 33.4 Å². The molecule has 23 heavy (non-hydrogen) atoms. The van der Waals surface area contributed by atoms with Crippen LogP contribution in [0.4, 0.5) is 4.79 Å². The van der Waals surface area contributed by atoms with Crippen LogP contribution in [0.3, 0.4) is 0 Å². The highest BCUT2D eigenvalue weighted by atomic mass is 127. The third kappa shape index (κ3) is 3.73. The van der Waals surface area contributed by atoms with E-state index in [9.17, 15) is 14.4 Å². The highest BCUT2D eigenvalue weighted by Gasteiger charge is 2.50. The molecule has 0 radical (unpaired) electrons. The largest absolute Gasteiger partial charge is 0.325 e. The van der Waals surface area contributed by atoms with E-state index >= 15 is 0 Å². The van der Waals surface area contributed by atoms with Crippen LogP contribution >= 0.6 is 22.6 Å². The number of Topliss-reactive ketones (excluding diaryl/α,β-unsaturated/α-hetero) is 1. The van der Waals surface area contributed by atoms with E-state index in [2.05, 4.69) is 27.9 Å². The molecule has 0 bridgehead atoms. The van der Waals surface area contributed by atoms with E-state index in [4.69, 9.17) is 0 Å². The summed E-state index contributed by atoms with van der Waals surface area (Å²) < 4.78 is 1.03. The van der Waals surface area contributed by atoms with Gasteiger partial charge in [0.25, 0.3) is 5.91 Å². The summed E-state index contributed by atoms with van der Waals surface area (Å²) in [5.74, 6) is -0.501. The van der Waals surface area contributed by atoms with Gasteiger partial charge >= 0.3 is 6.03 Å². The number of hydrogen-bond donors (Lipinski definition) is 1. The van der Waals surface area contributed by atoms with E-state index in [1.54, 1.807) is 12.1 Å². The van der Waals surface area contributed by atoms with Gasteiger partial charge in [-0.1, -0.05) is 38.8 Å². The van der Waals surface area contributed by atoms with Crippen LogP contribution in [0.1, 0.15) is 49.9 Å². The predicted molar refractivity (Wildman–Crippen MR) is 96.3 cm³/mol. The third-order valence-electron chi connectivity index (χ3n) is 4.07. The standard InChI is InChI=1S/C17H21IN2O3/c1-3-9-17(10-4-2)15(22)20(16(23)19-17)11-14(21)12-5-7-13(18)8-6-12/h5-8H,3-4,9-11H2,1-2H3,(H,19,23). The number of amides is 3. The second-order valence-corrected chi connectivity index (χ2v) is 7.08. The van der Waals surface area contributed by atoms with Gasteiger partial charge < -0.3 is 5.32 Å². The van der Waals surface area contributed by atoms with Crippen LogP contribution in [-0.2, 0) is 4.79 Å². The van der Waals surface area contributed by atoms with Crippen molar-refractivity contribution >= 4 is 40.3 Å². The maximum atomic E-state index is 12.7. The van der Waals surface area contributed by atoms with Crippen LogP contribution in [0.5, 0.6) is 0 Å². The molecule has 1 aliphatic rings. The molecule has 3 amide bonds. The molecule has 1 aromatic carbocycles. The monoisotopic (exact) mass is 428 g/mol. The van der Waals surface area contributed by atoms with Gasteiger partial charge in [0, 0.05) is 9.13 Å². The van der Waals surface area contributed by atoms with Crippen LogP contribution in [0.2, 0.25) is 0 Å². The van der Waals surface area contributed by atoms with Gasteiger partial charge in [0.05, 0.1) is 6.54 Å². The zero-order chi connectivity index (χ0) is 17.0. The fourth-order valence-corrected chi connectivity index (χ4v) is 3.37. The minimum atomic E-state index is -0.840. The Morgan fingerprint density at radius 3 is 2.22 bits per heavy atom. The van der Waals surface area contributed by atoms with E-state index in [-0.39, 0.29) is 18.2 Å². The summed E-state index contributed by atoms with van der Waals surface area (Å²) in [6.45, 7) is 3.76. The second kappa shape index (κ2) is 7.42. The van der Waals surface area contributed by atoms with E-state index in [1.807, 2.05) is 26.0 Å². The van der Waals surface area contributed by atoms with Crippen molar-refractivity contribution < 1.29 is 14.4 Å². The molecule has 1 N–H and O–H groups in total. The Labute approximate surface area is 149 Å². The zero-order valence-electron chi connectivity index (χ0n) is 13.4. The Morgan fingerprint density at radius 2 is 1.70 bits per heavy atom. The number of urea groups is 1. The first-order valence-electron chi connectivity index (χ1n) is 7.86. The average Bonchev–Trinajstić information content (AvgIpc) is 2.73. The number of hydrogen-bond acceptors (Lipinski definition) is 3. The summed E-state index contributed by atoms with van der Waals surface area (Å²) in [4.78, 5) is 38.4. The van der Waals surface area contributed by atoms with Crippen molar-refractivity contribution in [2.24, 2.45) is 0 Å². The topological polar surface area (TPSA) is 66.5 Å². The summed E-state index contributed by atoms with van der Waals surface area (Å²) in [5, 5.41) is 2.82. The molecule has 1 aromatic rings. The molecular weight excluding hydrogens is 407 g/mol. The van der Waals surface area contributed by atoms with Crippen LogP contribution in [0.15, 0.2) is 24.3 Å². The minimum Gasteiger partial charge on any atom is -0.323 e. The SMILES string of the molecule is CCCC1(CCC)NC(=O)N(CC(=O)c2ccc(I)cc2)C1=O. The molecule has 1 saturated heterocycles. The molecule has 0 atom stereocenters. The summed E-state index contributed by atoms with van der Waals surface area (Å²) in [7, 11) is 0. The number of carbonyl (C=O) groups is 3. The predicted octanol–water partition coefficient (Wildman–Crippen LogP) is 3.36. The van der Waals surface area contributed by atoms with Gasteiger partial charge in [0.2, 0.25) is 0 Å². The van der Waals surface area contributed by atoms with E-state index in [0.717, 1.165) is 21.3 Å². The number of rotatable bonds is 7. The molecular formula is C17H21IN2O3. The number of ketones is 1. The summed E-state index contributed by atoms with van der Waals surface area (Å²) in [5.41, 5.74) is -0.332. The van der Waals surface area contributed by atoms with Gasteiger partial charge in [-0.25, -0.2) is 4.79 Å². The maximum Gasteiger partial charge on any atom is 0.325 e. The number of imide groups is 1. The fourth-order valence-electron chi connectivity index (χ4n) is 3.01. The lowest BCUT2D eigenvalue weighted by Crippen LogP contribution is -2.47. The smallest absolute Gasteiger partial charge is 0.323 e. The molecule has 0 saturated carbocycles. The van der Waals surface area contributed by atoms with Crippen molar-refractivity contribution in [3.63, 3.8) is 0 Å². The summed E-state index contributed by atoms with van der Waals surface area (Å²) in [6, 6.07) is 6.63. The zero-order valence-corrected chi connectivity index (χ0v) is 15.6. The molecule has 5 nitrogen and oxygen atoms in total. The number of benzene rings is 1. The van der Waals surface area contributed by atoms with Gasteiger partial charge in [-0.15, -0.1) is 0 Å². The first-order chi connectivity index (χ1) is 10.9. The van der Waals surface area contributed by atoms with Gasteiger partial charge in [-0.3, -0.25) is 14.5 Å². The lowest BCUT2D eigenvalue weighted by Gasteiger charge is -2.25. The molecule has 2 rings (SSSR count). The lowest BCUT2D eigenvalue weighted by molar-refractivity contribution is -0.131. The molecule has 6 heteroatoms. The summed E-state index contributed by atoms with van der Waals surface area (Å²) >= 11 is 2.16. The highest BCUT2D eigenvalue weighted by molar-refractivity contribution is 14.1. The second-order valence-electron chi connectivity index (χ2n) is 5.83.